The van der Waals surface area contributed by atoms with Crippen molar-refractivity contribution < 1.29 is 4.79 Å². The lowest BCUT2D eigenvalue weighted by molar-refractivity contribution is 0.102. The van der Waals surface area contributed by atoms with Crippen molar-refractivity contribution in [1.82, 2.24) is 20.4 Å². The summed E-state index contributed by atoms with van der Waals surface area (Å²) in [7, 11) is 0. The Morgan fingerprint density at radius 3 is 1.89 bits per heavy atom. The smallest absolute Gasteiger partial charge is 0.256 e. The summed E-state index contributed by atoms with van der Waals surface area (Å²) in [5.41, 5.74) is 5.75. The molecule has 0 bridgehead atoms. The van der Waals surface area contributed by atoms with Crippen LogP contribution in [0.2, 0.25) is 0 Å². The molecule has 0 aliphatic carbocycles. The first-order chi connectivity index (χ1) is 18.2. The minimum atomic E-state index is -0.196. The van der Waals surface area contributed by atoms with Crippen LogP contribution in [0.1, 0.15) is 15.9 Å². The van der Waals surface area contributed by atoms with Gasteiger partial charge >= 0.3 is 0 Å². The van der Waals surface area contributed by atoms with Crippen LogP contribution in [0, 0.1) is 0 Å². The number of aromatic nitrogens is 4. The third-order valence-electron chi connectivity index (χ3n) is 5.88. The van der Waals surface area contributed by atoms with E-state index in [1.165, 1.54) is 0 Å². The zero-order valence-electron chi connectivity index (χ0n) is 19.6. The molecule has 1 amide bonds. The van der Waals surface area contributed by atoms with Crippen LogP contribution >= 0.6 is 22.7 Å². The quantitative estimate of drug-likeness (QED) is 0.171. The van der Waals surface area contributed by atoms with Gasteiger partial charge in [-0.05, 0) is 51.7 Å². The zero-order chi connectivity index (χ0) is 25.0. The maximum Gasteiger partial charge on any atom is 0.256 e. The normalized spacial score (nSPS) is 10.9. The lowest BCUT2D eigenvalue weighted by Gasteiger charge is -2.07. The molecule has 0 unspecified atom stereocenters. The molecule has 182 valence electrons. The Morgan fingerprint density at radius 1 is 0.730 bits per heavy atom. The molecule has 4 N–H and O–H groups in total. The molecule has 37 heavy (non-hydrogen) atoms. The number of carbonyl (C=O) groups is 1. The predicted molar refractivity (Wildman–Crippen MR) is 151 cm³/mol. The molecule has 6 aromatic rings. The number of hydrogen-bond acceptors (Lipinski definition) is 6. The summed E-state index contributed by atoms with van der Waals surface area (Å²) in [5.74, 6) is 1.12. The van der Waals surface area contributed by atoms with Gasteiger partial charge in [-0.1, -0.05) is 48.5 Å². The summed E-state index contributed by atoms with van der Waals surface area (Å²) in [6.45, 7) is 0.676. The second-order valence-corrected chi connectivity index (χ2v) is 10.3. The van der Waals surface area contributed by atoms with Crippen molar-refractivity contribution in [3.8, 4) is 32.3 Å². The van der Waals surface area contributed by atoms with E-state index < -0.39 is 0 Å². The van der Waals surface area contributed by atoms with Gasteiger partial charge in [-0.25, -0.2) is 0 Å². The van der Waals surface area contributed by atoms with Gasteiger partial charge in [-0.2, -0.15) is 10.2 Å². The molecule has 6 rings (SSSR count). The highest BCUT2D eigenvalue weighted by atomic mass is 32.1. The fraction of sp³-hybridized carbons (Fsp3) is 0.0357. The van der Waals surface area contributed by atoms with Gasteiger partial charge < -0.3 is 10.6 Å². The molecule has 9 heteroatoms. The molecule has 0 aliphatic heterocycles. The Kier molecular flexibility index (Phi) is 6.36. The Balaban J connectivity index is 1.05. The van der Waals surface area contributed by atoms with E-state index in [-0.39, 0.29) is 5.91 Å². The topological polar surface area (TPSA) is 98.5 Å². The van der Waals surface area contributed by atoms with Crippen LogP contribution in [0.25, 0.3) is 32.3 Å². The number of carbonyl (C=O) groups excluding carboxylic acids is 1. The standard InChI is InChI=1S/C28H22N6OS2/c35-28(30-27-16-23(32-34-27)25-4-2-14-37-25)21-11-9-20(10-12-21)19-7-5-18(6-8-19)17-29-26-15-22(31-33-26)24-3-1-13-36-24/h1-16H,17H2,(H2,29,31,33)(H2,30,32,34,35). The Hall–Kier alpha value is -4.47. The van der Waals surface area contributed by atoms with E-state index in [1.54, 1.807) is 22.7 Å². The molecular weight excluding hydrogens is 500 g/mol. The Bertz CT molecular complexity index is 1600. The molecule has 0 atom stereocenters. The van der Waals surface area contributed by atoms with Crippen LogP contribution in [0.3, 0.4) is 0 Å². The van der Waals surface area contributed by atoms with Crippen LogP contribution < -0.4 is 10.6 Å². The number of rotatable bonds is 8. The number of anilines is 2. The van der Waals surface area contributed by atoms with E-state index in [1.807, 2.05) is 60.0 Å². The minimum Gasteiger partial charge on any atom is -0.365 e. The highest BCUT2D eigenvalue weighted by molar-refractivity contribution is 7.13. The van der Waals surface area contributed by atoms with E-state index in [9.17, 15) is 4.79 Å². The van der Waals surface area contributed by atoms with Crippen molar-refractivity contribution in [2.45, 2.75) is 6.54 Å². The van der Waals surface area contributed by atoms with Crippen molar-refractivity contribution in [2.75, 3.05) is 10.6 Å². The lowest BCUT2D eigenvalue weighted by atomic mass is 10.0. The summed E-state index contributed by atoms with van der Waals surface area (Å²) < 4.78 is 0. The van der Waals surface area contributed by atoms with E-state index in [0.717, 1.165) is 43.7 Å². The Morgan fingerprint density at radius 2 is 1.30 bits per heavy atom. The van der Waals surface area contributed by atoms with Gasteiger partial charge in [0.15, 0.2) is 5.82 Å². The van der Waals surface area contributed by atoms with E-state index in [2.05, 4.69) is 66.7 Å². The molecule has 4 heterocycles. The van der Waals surface area contributed by atoms with Crippen LogP contribution in [-0.4, -0.2) is 26.3 Å². The van der Waals surface area contributed by atoms with E-state index in [4.69, 9.17) is 0 Å². The molecule has 0 fully saturated rings. The van der Waals surface area contributed by atoms with Gasteiger partial charge in [0.2, 0.25) is 0 Å². The number of H-pyrrole nitrogens is 2. The van der Waals surface area contributed by atoms with Crippen molar-refractivity contribution >= 4 is 40.2 Å². The van der Waals surface area contributed by atoms with Crippen molar-refractivity contribution in [1.29, 1.82) is 0 Å². The van der Waals surface area contributed by atoms with Crippen LogP contribution in [0.15, 0.2) is 95.7 Å². The monoisotopic (exact) mass is 522 g/mol. The highest BCUT2D eigenvalue weighted by Crippen LogP contribution is 2.26. The fourth-order valence-electron chi connectivity index (χ4n) is 3.92. The number of nitrogens with zero attached hydrogens (tertiary/aromatic N) is 2. The molecule has 0 saturated heterocycles. The first-order valence-electron chi connectivity index (χ1n) is 11.6. The molecule has 0 spiro atoms. The summed E-state index contributed by atoms with van der Waals surface area (Å²) in [4.78, 5) is 14.9. The predicted octanol–water partition coefficient (Wildman–Crippen LogP) is 7.12. The van der Waals surface area contributed by atoms with Gasteiger partial charge in [-0.3, -0.25) is 15.0 Å². The largest absolute Gasteiger partial charge is 0.365 e. The first-order valence-corrected chi connectivity index (χ1v) is 13.4. The maximum absolute atomic E-state index is 12.7. The third-order valence-corrected chi connectivity index (χ3v) is 7.68. The molecule has 2 aromatic carbocycles. The summed E-state index contributed by atoms with van der Waals surface area (Å²) in [5, 5.41) is 24.8. The van der Waals surface area contributed by atoms with Gasteiger partial charge in [0.1, 0.15) is 5.82 Å². The zero-order valence-corrected chi connectivity index (χ0v) is 21.2. The molecule has 4 aromatic heterocycles. The minimum absolute atomic E-state index is 0.196. The molecule has 0 radical (unpaired) electrons. The van der Waals surface area contributed by atoms with Gasteiger partial charge in [0, 0.05) is 24.2 Å². The number of amides is 1. The number of nitrogens with one attached hydrogen (secondary N) is 4. The van der Waals surface area contributed by atoms with Crippen molar-refractivity contribution in [3.05, 3.63) is 107 Å². The lowest BCUT2D eigenvalue weighted by Crippen LogP contribution is -2.11. The molecular formula is C28H22N6OS2. The molecule has 0 aliphatic rings. The molecule has 7 nitrogen and oxygen atoms in total. The van der Waals surface area contributed by atoms with E-state index >= 15 is 0 Å². The SMILES string of the molecule is O=C(Nc1cc(-c2cccs2)[nH]n1)c1ccc(-c2ccc(CNc3cc(-c4cccs4)[nH]n3)cc2)cc1. The maximum atomic E-state index is 12.7. The van der Waals surface area contributed by atoms with Crippen LogP contribution in [-0.2, 0) is 6.54 Å². The first kappa shape index (κ1) is 23.0. The van der Waals surface area contributed by atoms with Crippen LogP contribution in [0.5, 0.6) is 0 Å². The number of aromatic amines is 2. The average Bonchev–Trinajstić information content (AvgIpc) is 3.75. The molecule has 0 saturated carbocycles. The number of benzene rings is 2. The highest BCUT2D eigenvalue weighted by Gasteiger charge is 2.11. The fourth-order valence-corrected chi connectivity index (χ4v) is 5.31. The number of thiophene rings is 2. The summed E-state index contributed by atoms with van der Waals surface area (Å²) >= 11 is 3.30. The Labute approximate surface area is 221 Å². The van der Waals surface area contributed by atoms with Gasteiger partial charge in [0.25, 0.3) is 5.91 Å². The number of hydrogen-bond donors (Lipinski definition) is 4. The van der Waals surface area contributed by atoms with Crippen molar-refractivity contribution in [3.63, 3.8) is 0 Å². The van der Waals surface area contributed by atoms with Gasteiger partial charge in [0.05, 0.1) is 21.1 Å². The van der Waals surface area contributed by atoms with Crippen molar-refractivity contribution in [2.24, 2.45) is 0 Å². The average molecular weight is 523 g/mol. The third kappa shape index (κ3) is 5.23. The summed E-state index contributed by atoms with van der Waals surface area (Å²) in [6, 6.07) is 27.9. The second kappa shape index (κ2) is 10.3. The van der Waals surface area contributed by atoms with Crippen LogP contribution in [0.4, 0.5) is 11.6 Å². The van der Waals surface area contributed by atoms with Gasteiger partial charge in [-0.15, -0.1) is 22.7 Å². The van der Waals surface area contributed by atoms with E-state index in [0.29, 0.717) is 17.9 Å². The summed E-state index contributed by atoms with van der Waals surface area (Å²) in [6.07, 6.45) is 0. The second-order valence-electron chi connectivity index (χ2n) is 8.37.